The Morgan fingerprint density at radius 2 is 1.87 bits per heavy atom. The smallest absolute Gasteiger partial charge is 0.141 e. The Bertz CT molecular complexity index is 1190. The number of benzene rings is 2. The summed E-state index contributed by atoms with van der Waals surface area (Å²) in [6, 6.07) is 13.0. The highest BCUT2D eigenvalue weighted by Gasteiger charge is 2.17. The molecule has 4 rings (SSSR count). The number of nitrogens with zero attached hydrogens (tertiary/aromatic N) is 4. The predicted molar refractivity (Wildman–Crippen MR) is 125 cm³/mol. The molecule has 0 saturated carbocycles. The number of imidazole rings is 1. The lowest BCUT2D eigenvalue weighted by Crippen LogP contribution is -2.17. The molecule has 0 bridgehead atoms. The normalized spacial score (nSPS) is 11.1. The fraction of sp³-hybridized carbons (Fsp3) is 0.250. The number of halogens is 1. The van der Waals surface area contributed by atoms with Gasteiger partial charge in [0, 0.05) is 34.2 Å². The van der Waals surface area contributed by atoms with Crippen LogP contribution in [-0.2, 0) is 0 Å². The van der Waals surface area contributed by atoms with E-state index in [1.807, 2.05) is 37.9 Å². The van der Waals surface area contributed by atoms with Crippen LogP contribution in [0.5, 0.6) is 0 Å². The molecule has 0 aliphatic carbocycles. The van der Waals surface area contributed by atoms with Crippen molar-refractivity contribution in [2.45, 2.75) is 34.6 Å². The standard InChI is InChI=1S/C24H25BrN4O/c1-6-29(20-9-10-22(21(25)12-20)28-13-16(3)26-14-28)23-11-19(8-7-15(23)2)24-17(4)27-30-18(24)5/h7-14H,6H2,1-5H3. The minimum atomic E-state index is 0.841. The van der Waals surface area contributed by atoms with Gasteiger partial charge in [0.2, 0.25) is 0 Å². The Labute approximate surface area is 185 Å². The number of aromatic nitrogens is 3. The van der Waals surface area contributed by atoms with E-state index in [9.17, 15) is 0 Å². The molecule has 2 heterocycles. The molecule has 0 spiro atoms. The van der Waals surface area contributed by atoms with Gasteiger partial charge in [-0.1, -0.05) is 17.3 Å². The van der Waals surface area contributed by atoms with Crippen LogP contribution in [0.1, 0.15) is 29.6 Å². The molecule has 0 radical (unpaired) electrons. The van der Waals surface area contributed by atoms with E-state index in [-0.39, 0.29) is 0 Å². The fourth-order valence-electron chi connectivity index (χ4n) is 3.87. The molecule has 0 fully saturated rings. The third kappa shape index (κ3) is 3.67. The van der Waals surface area contributed by atoms with Crippen LogP contribution in [0, 0.1) is 27.7 Å². The number of hydrogen-bond donors (Lipinski definition) is 0. The first kappa shape index (κ1) is 20.4. The Hall–Kier alpha value is -2.86. The highest BCUT2D eigenvalue weighted by molar-refractivity contribution is 9.10. The van der Waals surface area contributed by atoms with Crippen molar-refractivity contribution in [3.63, 3.8) is 0 Å². The molecule has 0 atom stereocenters. The monoisotopic (exact) mass is 464 g/mol. The summed E-state index contributed by atoms with van der Waals surface area (Å²) in [5.41, 5.74) is 8.68. The lowest BCUT2D eigenvalue weighted by Gasteiger charge is -2.26. The first-order valence-corrected chi connectivity index (χ1v) is 10.8. The quantitative estimate of drug-likeness (QED) is 0.330. The minimum Gasteiger partial charge on any atom is -0.361 e. The molecule has 0 aliphatic rings. The number of anilines is 2. The molecule has 4 aromatic rings. The molecule has 6 heteroatoms. The zero-order valence-corrected chi connectivity index (χ0v) is 19.5. The molecule has 0 saturated heterocycles. The van der Waals surface area contributed by atoms with Crippen molar-refractivity contribution in [1.82, 2.24) is 14.7 Å². The topological polar surface area (TPSA) is 47.1 Å². The van der Waals surface area contributed by atoms with Gasteiger partial charge in [0.25, 0.3) is 0 Å². The molecule has 30 heavy (non-hydrogen) atoms. The number of hydrogen-bond acceptors (Lipinski definition) is 4. The first-order chi connectivity index (χ1) is 14.4. The zero-order chi connectivity index (χ0) is 21.4. The molecule has 2 aromatic heterocycles. The SMILES string of the molecule is CCN(c1ccc(-n2cnc(C)c2)c(Br)c1)c1cc(-c2c(C)noc2C)ccc1C. The maximum Gasteiger partial charge on any atom is 0.141 e. The van der Waals surface area contributed by atoms with Crippen LogP contribution in [0.4, 0.5) is 11.4 Å². The summed E-state index contributed by atoms with van der Waals surface area (Å²) < 4.78 is 8.44. The second-order valence-electron chi connectivity index (χ2n) is 7.50. The van der Waals surface area contributed by atoms with Gasteiger partial charge in [-0.3, -0.25) is 0 Å². The van der Waals surface area contributed by atoms with Crippen molar-refractivity contribution in [1.29, 1.82) is 0 Å². The van der Waals surface area contributed by atoms with Crippen LogP contribution in [0.15, 0.2) is 57.9 Å². The van der Waals surface area contributed by atoms with Crippen molar-refractivity contribution in [2.75, 3.05) is 11.4 Å². The Morgan fingerprint density at radius 3 is 2.47 bits per heavy atom. The van der Waals surface area contributed by atoms with Crippen molar-refractivity contribution < 1.29 is 4.52 Å². The fourth-order valence-corrected chi connectivity index (χ4v) is 4.44. The molecule has 5 nitrogen and oxygen atoms in total. The number of aryl methyl sites for hydroxylation is 4. The zero-order valence-electron chi connectivity index (χ0n) is 17.9. The van der Waals surface area contributed by atoms with Crippen molar-refractivity contribution >= 4 is 27.3 Å². The van der Waals surface area contributed by atoms with E-state index in [0.29, 0.717) is 0 Å². The second kappa shape index (κ2) is 8.11. The van der Waals surface area contributed by atoms with Gasteiger partial charge < -0.3 is 14.0 Å². The van der Waals surface area contributed by atoms with Crippen molar-refractivity contribution in [2.24, 2.45) is 0 Å². The van der Waals surface area contributed by atoms with E-state index < -0.39 is 0 Å². The summed E-state index contributed by atoms with van der Waals surface area (Å²) in [6.07, 6.45) is 3.86. The maximum atomic E-state index is 5.39. The summed E-state index contributed by atoms with van der Waals surface area (Å²) in [5.74, 6) is 0.841. The largest absolute Gasteiger partial charge is 0.361 e. The van der Waals surface area contributed by atoms with Gasteiger partial charge in [-0.2, -0.15) is 0 Å². The summed E-state index contributed by atoms with van der Waals surface area (Å²) in [4.78, 5) is 6.66. The van der Waals surface area contributed by atoms with Gasteiger partial charge in [-0.15, -0.1) is 0 Å². The van der Waals surface area contributed by atoms with Gasteiger partial charge in [-0.05, 0) is 85.9 Å². The maximum absolute atomic E-state index is 5.39. The van der Waals surface area contributed by atoms with E-state index in [0.717, 1.165) is 50.7 Å². The van der Waals surface area contributed by atoms with Crippen LogP contribution < -0.4 is 4.90 Å². The van der Waals surface area contributed by atoms with Gasteiger partial charge >= 0.3 is 0 Å². The number of rotatable bonds is 5. The minimum absolute atomic E-state index is 0.841. The molecular formula is C24H25BrN4O. The van der Waals surface area contributed by atoms with E-state index in [4.69, 9.17) is 4.52 Å². The Kier molecular flexibility index (Phi) is 5.52. The average Bonchev–Trinajstić information content (AvgIpc) is 3.29. The highest BCUT2D eigenvalue weighted by Crippen LogP contribution is 2.36. The third-order valence-electron chi connectivity index (χ3n) is 5.37. The van der Waals surface area contributed by atoms with E-state index in [2.05, 4.69) is 81.2 Å². The Balaban J connectivity index is 1.76. The summed E-state index contributed by atoms with van der Waals surface area (Å²) >= 11 is 3.75. The lowest BCUT2D eigenvalue weighted by atomic mass is 10.0. The lowest BCUT2D eigenvalue weighted by molar-refractivity contribution is 0.393. The van der Waals surface area contributed by atoms with Crippen LogP contribution in [0.2, 0.25) is 0 Å². The first-order valence-electron chi connectivity index (χ1n) is 10.0. The Morgan fingerprint density at radius 1 is 1.07 bits per heavy atom. The summed E-state index contributed by atoms with van der Waals surface area (Å²) in [5, 5.41) is 4.12. The molecule has 2 aromatic carbocycles. The second-order valence-corrected chi connectivity index (χ2v) is 8.36. The van der Waals surface area contributed by atoms with E-state index in [1.54, 1.807) is 0 Å². The van der Waals surface area contributed by atoms with Gasteiger partial charge in [-0.25, -0.2) is 4.98 Å². The molecule has 0 unspecified atom stereocenters. The van der Waals surface area contributed by atoms with Crippen LogP contribution in [0.3, 0.4) is 0 Å². The predicted octanol–water partition coefficient (Wildman–Crippen LogP) is 6.68. The van der Waals surface area contributed by atoms with Gasteiger partial charge in [0.1, 0.15) is 5.76 Å². The highest BCUT2D eigenvalue weighted by atomic mass is 79.9. The van der Waals surface area contributed by atoms with Gasteiger partial charge in [0.15, 0.2) is 0 Å². The average molecular weight is 465 g/mol. The van der Waals surface area contributed by atoms with Crippen LogP contribution in [-0.4, -0.2) is 21.3 Å². The van der Waals surface area contributed by atoms with Crippen LogP contribution in [0.25, 0.3) is 16.8 Å². The van der Waals surface area contributed by atoms with E-state index in [1.165, 1.54) is 11.3 Å². The molecule has 0 N–H and O–H groups in total. The van der Waals surface area contributed by atoms with E-state index >= 15 is 0 Å². The van der Waals surface area contributed by atoms with Crippen molar-refractivity contribution in [3.05, 3.63) is 76.1 Å². The molecule has 0 aliphatic heterocycles. The van der Waals surface area contributed by atoms with Crippen molar-refractivity contribution in [3.8, 4) is 16.8 Å². The van der Waals surface area contributed by atoms with Gasteiger partial charge in [0.05, 0.1) is 23.4 Å². The third-order valence-corrected chi connectivity index (χ3v) is 6.01. The summed E-state index contributed by atoms with van der Waals surface area (Å²) in [6.45, 7) is 11.1. The van der Waals surface area contributed by atoms with Crippen LogP contribution >= 0.6 is 15.9 Å². The summed E-state index contributed by atoms with van der Waals surface area (Å²) in [7, 11) is 0. The molecule has 0 amide bonds. The molecule has 154 valence electrons. The molecular weight excluding hydrogens is 440 g/mol.